The van der Waals surface area contributed by atoms with E-state index in [4.69, 9.17) is 0 Å². The zero-order chi connectivity index (χ0) is 19.3. The first-order chi connectivity index (χ1) is 13.7. The van der Waals surface area contributed by atoms with Crippen LogP contribution in [0.1, 0.15) is 43.4 Å². The molecule has 0 radical (unpaired) electrons. The van der Waals surface area contributed by atoms with Crippen molar-refractivity contribution in [2.24, 2.45) is 0 Å². The van der Waals surface area contributed by atoms with E-state index in [1.165, 1.54) is 21.0 Å². The van der Waals surface area contributed by atoms with Gasteiger partial charge in [0.2, 0.25) is 0 Å². The molecule has 0 aliphatic rings. The maximum absolute atomic E-state index is 10.5. The van der Waals surface area contributed by atoms with Gasteiger partial charge >= 0.3 is 0 Å². The smallest absolute Gasteiger partial charge is 0.0815 e. The monoisotopic (exact) mass is 427 g/mol. The summed E-state index contributed by atoms with van der Waals surface area (Å²) in [4.78, 5) is 8.50. The lowest BCUT2D eigenvalue weighted by Gasteiger charge is -2.16. The standard InChI is InChI=1S/C23H25N3OS.ClH/c1-16(25-13-17-5-6-20-14-24-10-9-18(20)11-17)3-2-4-22(27)19-7-8-23-21(12-19)26-15-28-23;/h5-12,14-16,22,25,27H,2-4,13H2,1H3;1H/t16-,22?;/m1./s1. The van der Waals surface area contributed by atoms with E-state index in [0.29, 0.717) is 6.04 Å². The third kappa shape index (κ3) is 5.52. The largest absolute Gasteiger partial charge is 0.388 e. The van der Waals surface area contributed by atoms with E-state index in [1.807, 2.05) is 36.1 Å². The van der Waals surface area contributed by atoms with Gasteiger partial charge < -0.3 is 10.4 Å². The molecule has 4 nitrogen and oxygen atoms in total. The molecule has 152 valence electrons. The molecule has 6 heteroatoms. The Hall–Kier alpha value is -2.05. The second-order valence-electron chi connectivity index (χ2n) is 7.37. The van der Waals surface area contributed by atoms with Crippen LogP contribution < -0.4 is 5.32 Å². The molecule has 2 atom stereocenters. The minimum Gasteiger partial charge on any atom is -0.388 e. The van der Waals surface area contributed by atoms with Crippen molar-refractivity contribution in [1.29, 1.82) is 0 Å². The number of rotatable bonds is 8. The van der Waals surface area contributed by atoms with Crippen molar-refractivity contribution in [3.8, 4) is 0 Å². The Kier molecular flexibility index (Phi) is 7.56. The number of halogens is 1. The van der Waals surface area contributed by atoms with E-state index in [0.717, 1.165) is 36.9 Å². The summed E-state index contributed by atoms with van der Waals surface area (Å²) in [6, 6.07) is 15.0. The molecule has 2 heterocycles. The first kappa shape index (κ1) is 21.7. The number of aliphatic hydroxyl groups excluding tert-OH is 1. The van der Waals surface area contributed by atoms with Crippen molar-refractivity contribution in [2.45, 2.75) is 44.9 Å². The van der Waals surface area contributed by atoms with Crippen molar-refractivity contribution < 1.29 is 5.11 Å². The van der Waals surface area contributed by atoms with Gasteiger partial charge in [0, 0.05) is 30.4 Å². The summed E-state index contributed by atoms with van der Waals surface area (Å²) in [5.41, 5.74) is 5.07. The third-order valence-electron chi connectivity index (χ3n) is 5.21. The molecule has 0 saturated carbocycles. The van der Waals surface area contributed by atoms with Crippen LogP contribution in [0.25, 0.3) is 21.0 Å². The summed E-state index contributed by atoms with van der Waals surface area (Å²) in [6.07, 6.45) is 6.09. The lowest BCUT2D eigenvalue weighted by molar-refractivity contribution is 0.162. The normalized spacial score (nSPS) is 13.3. The molecule has 0 fully saturated rings. The van der Waals surface area contributed by atoms with Crippen LogP contribution >= 0.6 is 23.7 Å². The lowest BCUT2D eigenvalue weighted by Crippen LogP contribution is -2.25. The SMILES string of the molecule is C[C@H](CCCC(O)c1ccc2scnc2c1)NCc1ccc2cnccc2c1.Cl. The number of nitrogens with zero attached hydrogens (tertiary/aromatic N) is 2. The number of aromatic nitrogens is 2. The summed E-state index contributed by atoms with van der Waals surface area (Å²) in [7, 11) is 0. The van der Waals surface area contributed by atoms with Crippen molar-refractivity contribution in [3.63, 3.8) is 0 Å². The van der Waals surface area contributed by atoms with Gasteiger partial charge in [-0.2, -0.15) is 0 Å². The van der Waals surface area contributed by atoms with E-state index in [-0.39, 0.29) is 12.4 Å². The van der Waals surface area contributed by atoms with Crippen molar-refractivity contribution in [3.05, 3.63) is 71.5 Å². The Morgan fingerprint density at radius 2 is 1.97 bits per heavy atom. The molecular weight excluding hydrogens is 402 g/mol. The number of hydrogen-bond donors (Lipinski definition) is 2. The number of thiazole rings is 1. The number of nitrogens with one attached hydrogen (secondary N) is 1. The molecule has 1 unspecified atom stereocenters. The van der Waals surface area contributed by atoms with Crippen LogP contribution in [-0.2, 0) is 6.54 Å². The summed E-state index contributed by atoms with van der Waals surface area (Å²) < 4.78 is 1.17. The van der Waals surface area contributed by atoms with Crippen LogP contribution in [0.15, 0.2) is 60.4 Å². The quantitative estimate of drug-likeness (QED) is 0.381. The molecule has 29 heavy (non-hydrogen) atoms. The van der Waals surface area contributed by atoms with E-state index >= 15 is 0 Å². The molecule has 0 amide bonds. The van der Waals surface area contributed by atoms with Gasteiger partial charge in [-0.1, -0.05) is 18.2 Å². The molecule has 0 aliphatic heterocycles. The molecule has 0 spiro atoms. The van der Waals surface area contributed by atoms with Crippen molar-refractivity contribution in [2.75, 3.05) is 0 Å². The maximum Gasteiger partial charge on any atom is 0.0815 e. The zero-order valence-electron chi connectivity index (χ0n) is 16.4. The summed E-state index contributed by atoms with van der Waals surface area (Å²) in [5.74, 6) is 0. The number of pyridine rings is 1. The number of fused-ring (bicyclic) bond motifs is 2. The van der Waals surface area contributed by atoms with Gasteiger partial charge in [-0.3, -0.25) is 4.98 Å². The van der Waals surface area contributed by atoms with Crippen molar-refractivity contribution >= 4 is 44.7 Å². The highest BCUT2D eigenvalue weighted by Gasteiger charge is 2.10. The van der Waals surface area contributed by atoms with Crippen molar-refractivity contribution in [1.82, 2.24) is 15.3 Å². The molecule has 2 N–H and O–H groups in total. The highest BCUT2D eigenvalue weighted by Crippen LogP contribution is 2.25. The van der Waals surface area contributed by atoms with Crippen LogP contribution in [0, 0.1) is 0 Å². The Bertz CT molecular complexity index is 1070. The van der Waals surface area contributed by atoms with E-state index in [9.17, 15) is 5.11 Å². The second kappa shape index (κ2) is 10.1. The zero-order valence-corrected chi connectivity index (χ0v) is 18.0. The minimum absolute atomic E-state index is 0. The van der Waals surface area contributed by atoms with Gasteiger partial charge in [-0.25, -0.2) is 4.98 Å². The Balaban J connectivity index is 0.00000240. The average molecular weight is 428 g/mol. The van der Waals surface area contributed by atoms with Gasteiger partial charge in [0.05, 0.1) is 21.8 Å². The number of benzene rings is 2. The predicted molar refractivity (Wildman–Crippen MR) is 124 cm³/mol. The third-order valence-corrected chi connectivity index (χ3v) is 6.02. The van der Waals surface area contributed by atoms with Gasteiger partial charge in [0.25, 0.3) is 0 Å². The molecule has 2 aromatic heterocycles. The molecule has 2 aromatic carbocycles. The fourth-order valence-electron chi connectivity index (χ4n) is 3.50. The fraction of sp³-hybridized carbons (Fsp3) is 0.304. The van der Waals surface area contributed by atoms with Gasteiger partial charge in [0.1, 0.15) is 0 Å². The highest BCUT2D eigenvalue weighted by atomic mass is 35.5. The highest BCUT2D eigenvalue weighted by molar-refractivity contribution is 7.16. The summed E-state index contributed by atoms with van der Waals surface area (Å²) >= 11 is 1.63. The molecule has 4 rings (SSSR count). The van der Waals surface area contributed by atoms with Crippen LogP contribution in [0.3, 0.4) is 0 Å². The van der Waals surface area contributed by atoms with Gasteiger partial charge in [-0.15, -0.1) is 23.7 Å². The summed E-state index contributed by atoms with van der Waals surface area (Å²) in [5, 5.41) is 16.5. The molecular formula is C23H26ClN3OS. The van der Waals surface area contributed by atoms with Crippen LogP contribution in [0.2, 0.25) is 0 Å². The van der Waals surface area contributed by atoms with E-state index < -0.39 is 6.10 Å². The molecule has 0 saturated heterocycles. The molecule has 0 aliphatic carbocycles. The fourth-order valence-corrected chi connectivity index (χ4v) is 4.16. The van der Waals surface area contributed by atoms with Gasteiger partial charge in [0.15, 0.2) is 0 Å². The first-order valence-corrected chi connectivity index (χ1v) is 10.6. The topological polar surface area (TPSA) is 58.0 Å². The number of hydrogen-bond acceptors (Lipinski definition) is 5. The average Bonchev–Trinajstić information content (AvgIpc) is 3.20. The lowest BCUT2D eigenvalue weighted by atomic mass is 10.0. The number of aliphatic hydroxyl groups is 1. The Labute approximate surface area is 181 Å². The summed E-state index contributed by atoms with van der Waals surface area (Å²) in [6.45, 7) is 3.06. The predicted octanol–water partition coefficient (Wildman–Crippen LogP) is 5.65. The van der Waals surface area contributed by atoms with E-state index in [2.05, 4.69) is 46.5 Å². The molecule has 0 bridgehead atoms. The Morgan fingerprint density at radius 3 is 2.86 bits per heavy atom. The van der Waals surface area contributed by atoms with Gasteiger partial charge in [-0.05, 0) is 67.0 Å². The van der Waals surface area contributed by atoms with Crippen LogP contribution in [-0.4, -0.2) is 21.1 Å². The first-order valence-electron chi connectivity index (χ1n) is 9.76. The van der Waals surface area contributed by atoms with Crippen LogP contribution in [0.4, 0.5) is 0 Å². The second-order valence-corrected chi connectivity index (χ2v) is 8.25. The minimum atomic E-state index is -0.424. The maximum atomic E-state index is 10.5. The van der Waals surface area contributed by atoms with E-state index in [1.54, 1.807) is 11.3 Å². The molecule has 4 aromatic rings. The Morgan fingerprint density at radius 1 is 1.07 bits per heavy atom. The van der Waals surface area contributed by atoms with Crippen LogP contribution in [0.5, 0.6) is 0 Å².